The summed E-state index contributed by atoms with van der Waals surface area (Å²) in [6.07, 6.45) is 5.11. The van der Waals surface area contributed by atoms with Crippen molar-refractivity contribution in [3.63, 3.8) is 0 Å². The van der Waals surface area contributed by atoms with Gasteiger partial charge >= 0.3 is 0 Å². The zero-order valence-electron chi connectivity index (χ0n) is 15.5. The number of sulfonamides is 1. The minimum atomic E-state index is -3.11. The number of nitrogens with one attached hydrogen (secondary N) is 2. The minimum Gasteiger partial charge on any atom is -0.385 e. The van der Waals surface area contributed by atoms with Crippen LogP contribution in [0.2, 0.25) is 0 Å². The highest BCUT2D eigenvalue weighted by Gasteiger charge is 2.21. The third-order valence-electron chi connectivity index (χ3n) is 3.80. The number of rotatable bonds is 10. The monoisotopic (exact) mass is 492 g/mol. The van der Waals surface area contributed by atoms with E-state index in [1.807, 2.05) is 0 Å². The van der Waals surface area contributed by atoms with Crippen LogP contribution in [0.4, 0.5) is 0 Å². The van der Waals surface area contributed by atoms with Gasteiger partial charge in [-0.15, -0.1) is 24.0 Å². The van der Waals surface area contributed by atoms with E-state index in [0.717, 1.165) is 51.5 Å². The molecular weight excluding hydrogens is 459 g/mol. The summed E-state index contributed by atoms with van der Waals surface area (Å²) in [5, 5.41) is 3.28. The number of nitrogens with zero attached hydrogens (tertiary/aromatic N) is 2. The zero-order valence-corrected chi connectivity index (χ0v) is 18.6. The van der Waals surface area contributed by atoms with Gasteiger partial charge in [0.2, 0.25) is 10.0 Å². The molecule has 1 saturated heterocycles. The molecule has 0 spiro atoms. The number of halogens is 1. The second kappa shape index (κ2) is 14.0. The summed E-state index contributed by atoms with van der Waals surface area (Å²) in [5.74, 6) is 0.868. The molecule has 0 aromatic carbocycles. The van der Waals surface area contributed by atoms with Gasteiger partial charge in [-0.3, -0.25) is 4.99 Å². The Labute approximate surface area is 169 Å². The van der Waals surface area contributed by atoms with Crippen molar-refractivity contribution in [3.8, 4) is 0 Å². The van der Waals surface area contributed by atoms with Crippen LogP contribution in [-0.4, -0.2) is 85.2 Å². The lowest BCUT2D eigenvalue weighted by atomic mass is 10.1. The molecule has 10 heteroatoms. The predicted octanol–water partition coefficient (Wildman–Crippen LogP) is 0.637. The number of aliphatic imine (C=N–C) groups is 1. The zero-order chi connectivity index (χ0) is 17.8. The van der Waals surface area contributed by atoms with E-state index in [1.165, 1.54) is 6.26 Å². The van der Waals surface area contributed by atoms with E-state index < -0.39 is 10.0 Å². The van der Waals surface area contributed by atoms with E-state index in [4.69, 9.17) is 9.47 Å². The average Bonchev–Trinajstić information content (AvgIpc) is 2.55. The van der Waals surface area contributed by atoms with Crippen LogP contribution in [0.1, 0.15) is 25.7 Å². The van der Waals surface area contributed by atoms with Crippen molar-refractivity contribution in [2.45, 2.75) is 31.8 Å². The van der Waals surface area contributed by atoms with Crippen LogP contribution in [0, 0.1) is 0 Å². The Kier molecular flexibility index (Phi) is 13.9. The lowest BCUT2D eigenvalue weighted by Gasteiger charge is -2.34. The number of hydrogen-bond donors (Lipinski definition) is 2. The molecule has 1 fully saturated rings. The van der Waals surface area contributed by atoms with E-state index >= 15 is 0 Å². The highest BCUT2D eigenvalue weighted by molar-refractivity contribution is 14.0. The Hall–Kier alpha value is -0.170. The molecule has 150 valence electrons. The summed E-state index contributed by atoms with van der Waals surface area (Å²) in [5.41, 5.74) is 0. The smallest absolute Gasteiger partial charge is 0.208 e. The highest BCUT2D eigenvalue weighted by Crippen LogP contribution is 2.14. The lowest BCUT2D eigenvalue weighted by Crippen LogP contribution is -2.47. The third-order valence-corrected chi connectivity index (χ3v) is 4.53. The number of hydrogen-bond acceptors (Lipinski definition) is 5. The first-order valence-corrected chi connectivity index (χ1v) is 10.4. The van der Waals surface area contributed by atoms with Gasteiger partial charge in [0.15, 0.2) is 5.96 Å². The molecule has 1 heterocycles. The average molecular weight is 492 g/mol. The molecule has 0 bridgehead atoms. The number of likely N-dealkylation sites (tertiary alicyclic amines) is 1. The Morgan fingerprint density at radius 2 is 1.88 bits per heavy atom. The third kappa shape index (κ3) is 11.9. The molecule has 0 radical (unpaired) electrons. The van der Waals surface area contributed by atoms with E-state index in [0.29, 0.717) is 25.6 Å². The molecule has 0 aromatic heterocycles. The maximum Gasteiger partial charge on any atom is 0.208 e. The van der Waals surface area contributed by atoms with Crippen LogP contribution in [0.15, 0.2) is 4.99 Å². The van der Waals surface area contributed by atoms with Crippen LogP contribution in [0.3, 0.4) is 0 Å². The van der Waals surface area contributed by atoms with Gasteiger partial charge in [-0.1, -0.05) is 0 Å². The van der Waals surface area contributed by atoms with E-state index in [-0.39, 0.29) is 24.0 Å². The van der Waals surface area contributed by atoms with Crippen molar-refractivity contribution in [2.24, 2.45) is 4.99 Å². The number of methoxy groups -OCH3 is 1. The second-order valence-corrected chi connectivity index (χ2v) is 7.73. The Morgan fingerprint density at radius 3 is 2.44 bits per heavy atom. The molecule has 1 aliphatic heterocycles. The summed E-state index contributed by atoms with van der Waals surface area (Å²) in [6, 6.07) is 0. The number of ether oxygens (including phenoxy) is 2. The maximum absolute atomic E-state index is 11.0. The molecule has 0 amide bonds. The number of guanidine groups is 1. The van der Waals surface area contributed by atoms with E-state index in [9.17, 15) is 8.42 Å². The number of piperidine rings is 1. The fourth-order valence-corrected chi connectivity index (χ4v) is 3.08. The van der Waals surface area contributed by atoms with Crippen LogP contribution in [-0.2, 0) is 19.5 Å². The second-order valence-electron chi connectivity index (χ2n) is 5.90. The quantitative estimate of drug-likeness (QED) is 0.201. The molecule has 0 aliphatic carbocycles. The molecule has 0 unspecified atom stereocenters. The molecule has 2 N–H and O–H groups in total. The van der Waals surface area contributed by atoms with Gasteiger partial charge in [-0.2, -0.15) is 0 Å². The van der Waals surface area contributed by atoms with Crippen LogP contribution < -0.4 is 10.0 Å². The Bertz CT molecular complexity index is 468. The Morgan fingerprint density at radius 1 is 1.20 bits per heavy atom. The largest absolute Gasteiger partial charge is 0.385 e. The van der Waals surface area contributed by atoms with E-state index in [2.05, 4.69) is 19.9 Å². The molecule has 0 saturated carbocycles. The topological polar surface area (TPSA) is 92.3 Å². The molecule has 1 aliphatic rings. The van der Waals surface area contributed by atoms with E-state index in [1.54, 1.807) is 14.2 Å². The molecule has 0 aromatic rings. The summed E-state index contributed by atoms with van der Waals surface area (Å²) < 4.78 is 35.3. The van der Waals surface area contributed by atoms with Gasteiger partial charge in [0.1, 0.15) is 0 Å². The summed E-state index contributed by atoms with van der Waals surface area (Å²) in [7, 11) is 0.362. The first-order chi connectivity index (χ1) is 11.5. The molecule has 8 nitrogen and oxygen atoms in total. The summed E-state index contributed by atoms with van der Waals surface area (Å²) in [4.78, 5) is 6.53. The Balaban J connectivity index is 0.00000576. The van der Waals surface area contributed by atoms with Crippen molar-refractivity contribution < 1.29 is 17.9 Å². The van der Waals surface area contributed by atoms with Crippen molar-refractivity contribution in [3.05, 3.63) is 0 Å². The summed E-state index contributed by atoms with van der Waals surface area (Å²) in [6.45, 7) is 4.43. The molecule has 0 atom stereocenters. The van der Waals surface area contributed by atoms with Gasteiger partial charge in [0.05, 0.1) is 12.4 Å². The van der Waals surface area contributed by atoms with Crippen LogP contribution in [0.5, 0.6) is 0 Å². The fourth-order valence-electron chi connectivity index (χ4n) is 2.57. The first kappa shape index (κ1) is 24.8. The molecule has 1 rings (SSSR count). The van der Waals surface area contributed by atoms with Crippen molar-refractivity contribution >= 4 is 40.0 Å². The first-order valence-electron chi connectivity index (χ1n) is 8.47. The SMILES string of the molecule is CN=C(NCCCNS(C)(=O)=O)N1CCC(OCCCOC)CC1.I. The van der Waals surface area contributed by atoms with Crippen molar-refractivity contribution in [1.29, 1.82) is 0 Å². The van der Waals surface area contributed by atoms with Gasteiger partial charge < -0.3 is 19.7 Å². The van der Waals surface area contributed by atoms with Gasteiger partial charge in [0, 0.05) is 53.6 Å². The predicted molar refractivity (Wildman–Crippen MR) is 111 cm³/mol. The maximum atomic E-state index is 11.0. The molecule has 25 heavy (non-hydrogen) atoms. The van der Waals surface area contributed by atoms with Gasteiger partial charge in [0.25, 0.3) is 0 Å². The minimum absolute atomic E-state index is 0. The highest BCUT2D eigenvalue weighted by atomic mass is 127. The van der Waals surface area contributed by atoms with Gasteiger partial charge in [-0.05, 0) is 25.7 Å². The standard InChI is InChI=1S/C15H32N4O4S.HI/c1-16-15(17-8-4-9-18-24(3,20)21)19-10-6-14(7-11-19)23-13-5-12-22-2;/h14,18H,4-13H2,1-3H3,(H,16,17);1H. The summed E-state index contributed by atoms with van der Waals surface area (Å²) >= 11 is 0. The van der Waals surface area contributed by atoms with Crippen LogP contribution in [0.25, 0.3) is 0 Å². The van der Waals surface area contributed by atoms with Gasteiger partial charge in [-0.25, -0.2) is 13.1 Å². The van der Waals surface area contributed by atoms with Crippen molar-refractivity contribution in [2.75, 3.05) is 59.8 Å². The fraction of sp³-hybridized carbons (Fsp3) is 0.933. The lowest BCUT2D eigenvalue weighted by molar-refractivity contribution is 0.00991. The van der Waals surface area contributed by atoms with Crippen molar-refractivity contribution in [1.82, 2.24) is 14.9 Å². The normalized spacial score (nSPS) is 16.6. The van der Waals surface area contributed by atoms with Crippen LogP contribution >= 0.6 is 24.0 Å². The molecular formula is C15H33IN4O4S.